The summed E-state index contributed by atoms with van der Waals surface area (Å²) in [6.45, 7) is 1.30. The zero-order valence-electron chi connectivity index (χ0n) is 7.15. The molecule has 0 aliphatic carbocycles. The van der Waals surface area contributed by atoms with Crippen LogP contribution in [-0.2, 0) is 0 Å². The Morgan fingerprint density at radius 3 is 2.50 bits per heavy atom. The van der Waals surface area contributed by atoms with Crippen molar-refractivity contribution in [1.29, 1.82) is 0 Å². The monoisotopic (exact) mass is 282 g/mol. The molecule has 1 aromatic rings. The smallest absolute Gasteiger partial charge is 0.265 e. The van der Waals surface area contributed by atoms with Gasteiger partial charge in [-0.05, 0) is 35.0 Å². The SMILES string of the molecule is CC(=O)c1cc(Cl)c(Br)c(C(F)F)c1. The highest BCUT2D eigenvalue weighted by Gasteiger charge is 2.16. The Labute approximate surface area is 93.2 Å². The summed E-state index contributed by atoms with van der Waals surface area (Å²) in [5.41, 5.74) is -0.0730. The van der Waals surface area contributed by atoms with Crippen molar-refractivity contribution in [1.82, 2.24) is 0 Å². The first-order valence-corrected chi connectivity index (χ1v) is 4.88. The first kappa shape index (κ1) is 11.6. The van der Waals surface area contributed by atoms with Crippen molar-refractivity contribution in [2.75, 3.05) is 0 Å². The highest BCUT2D eigenvalue weighted by molar-refractivity contribution is 9.10. The molecular weight excluding hydrogens is 277 g/mol. The van der Waals surface area contributed by atoms with E-state index in [9.17, 15) is 13.6 Å². The number of hydrogen-bond donors (Lipinski definition) is 0. The van der Waals surface area contributed by atoms with E-state index in [2.05, 4.69) is 15.9 Å². The molecule has 0 amide bonds. The van der Waals surface area contributed by atoms with Crippen LogP contribution in [0.5, 0.6) is 0 Å². The van der Waals surface area contributed by atoms with Crippen molar-refractivity contribution in [3.63, 3.8) is 0 Å². The molecule has 0 spiro atoms. The Bertz CT molecular complexity index is 379. The summed E-state index contributed by atoms with van der Waals surface area (Å²) in [6.07, 6.45) is -2.65. The normalized spacial score (nSPS) is 10.7. The van der Waals surface area contributed by atoms with Crippen molar-refractivity contribution >= 4 is 33.3 Å². The summed E-state index contributed by atoms with van der Waals surface area (Å²) >= 11 is 8.62. The van der Waals surface area contributed by atoms with Crippen LogP contribution in [0, 0.1) is 0 Å². The lowest BCUT2D eigenvalue weighted by Gasteiger charge is -2.07. The summed E-state index contributed by atoms with van der Waals surface area (Å²) in [5.74, 6) is -0.290. The fourth-order valence-corrected chi connectivity index (χ4v) is 1.60. The first-order chi connectivity index (χ1) is 6.43. The molecule has 1 aromatic carbocycles. The van der Waals surface area contributed by atoms with Gasteiger partial charge < -0.3 is 0 Å². The molecule has 0 radical (unpaired) electrons. The van der Waals surface area contributed by atoms with Gasteiger partial charge in [0.2, 0.25) is 0 Å². The third-order valence-corrected chi connectivity index (χ3v) is 3.11. The minimum atomic E-state index is -2.65. The number of hydrogen-bond acceptors (Lipinski definition) is 1. The average Bonchev–Trinajstić information content (AvgIpc) is 2.08. The Morgan fingerprint density at radius 2 is 2.07 bits per heavy atom. The van der Waals surface area contributed by atoms with E-state index >= 15 is 0 Å². The number of rotatable bonds is 2. The molecule has 0 heterocycles. The zero-order chi connectivity index (χ0) is 10.9. The van der Waals surface area contributed by atoms with Crippen LogP contribution >= 0.6 is 27.5 Å². The Hall–Kier alpha value is -0.480. The standard InChI is InChI=1S/C9H6BrClF2O/c1-4(14)5-2-6(9(12)13)8(10)7(11)3-5/h2-3,9H,1H3. The van der Waals surface area contributed by atoms with Crippen molar-refractivity contribution < 1.29 is 13.6 Å². The molecule has 0 unspecified atom stereocenters. The molecular formula is C9H6BrClF2O. The van der Waals surface area contributed by atoms with Crippen LogP contribution in [0.4, 0.5) is 8.78 Å². The number of carbonyl (C=O) groups is 1. The van der Waals surface area contributed by atoms with Crippen LogP contribution < -0.4 is 0 Å². The van der Waals surface area contributed by atoms with E-state index in [1.807, 2.05) is 0 Å². The molecule has 0 saturated carbocycles. The van der Waals surface area contributed by atoms with Crippen LogP contribution in [0.2, 0.25) is 5.02 Å². The predicted octanol–water partition coefficient (Wildman–Crippen LogP) is 4.24. The number of alkyl halides is 2. The highest BCUT2D eigenvalue weighted by Crippen LogP contribution is 2.34. The number of carbonyl (C=O) groups excluding carboxylic acids is 1. The van der Waals surface area contributed by atoms with Gasteiger partial charge in [0.25, 0.3) is 6.43 Å². The van der Waals surface area contributed by atoms with Crippen LogP contribution in [0.3, 0.4) is 0 Å². The van der Waals surface area contributed by atoms with Crippen LogP contribution in [0.1, 0.15) is 29.3 Å². The van der Waals surface area contributed by atoms with Gasteiger partial charge in [-0.25, -0.2) is 8.78 Å². The maximum absolute atomic E-state index is 12.5. The third-order valence-electron chi connectivity index (χ3n) is 1.70. The second-order valence-corrected chi connectivity index (χ2v) is 3.92. The van der Waals surface area contributed by atoms with E-state index in [-0.39, 0.29) is 26.4 Å². The number of benzene rings is 1. The molecule has 0 aromatic heterocycles. The Balaban J connectivity index is 3.35. The molecule has 0 aliphatic heterocycles. The molecule has 5 heteroatoms. The van der Waals surface area contributed by atoms with E-state index in [4.69, 9.17) is 11.6 Å². The first-order valence-electron chi connectivity index (χ1n) is 3.71. The van der Waals surface area contributed by atoms with Gasteiger partial charge in [0.15, 0.2) is 5.78 Å². The molecule has 0 bridgehead atoms. The molecule has 0 fully saturated rings. The van der Waals surface area contributed by atoms with E-state index < -0.39 is 6.43 Å². The summed E-state index contributed by atoms with van der Waals surface area (Å²) in [5, 5.41) is 0.119. The molecule has 1 rings (SSSR count). The van der Waals surface area contributed by atoms with Crippen LogP contribution in [-0.4, -0.2) is 5.78 Å². The minimum absolute atomic E-state index is 0.119. The number of halogens is 4. The Kier molecular flexibility index (Phi) is 3.61. The molecule has 14 heavy (non-hydrogen) atoms. The van der Waals surface area contributed by atoms with Gasteiger partial charge in [-0.1, -0.05) is 11.6 Å². The highest BCUT2D eigenvalue weighted by atomic mass is 79.9. The van der Waals surface area contributed by atoms with Gasteiger partial charge in [-0.2, -0.15) is 0 Å². The van der Waals surface area contributed by atoms with E-state index in [1.165, 1.54) is 13.0 Å². The van der Waals surface area contributed by atoms with Gasteiger partial charge in [-0.3, -0.25) is 4.79 Å². The fourth-order valence-electron chi connectivity index (χ4n) is 0.972. The second kappa shape index (κ2) is 4.36. The predicted molar refractivity (Wildman–Crippen MR) is 54.1 cm³/mol. The summed E-state index contributed by atoms with van der Waals surface area (Å²) in [7, 11) is 0. The number of ketones is 1. The average molecular weight is 283 g/mol. The summed E-state index contributed by atoms with van der Waals surface area (Å²) < 4.78 is 25.0. The third kappa shape index (κ3) is 2.30. The molecule has 0 N–H and O–H groups in total. The van der Waals surface area contributed by atoms with E-state index in [0.717, 1.165) is 6.07 Å². The van der Waals surface area contributed by atoms with Gasteiger partial charge in [0, 0.05) is 15.6 Å². The maximum Gasteiger partial charge on any atom is 0.265 e. The maximum atomic E-state index is 12.5. The molecule has 0 atom stereocenters. The molecule has 76 valence electrons. The molecule has 0 aliphatic rings. The van der Waals surface area contributed by atoms with E-state index in [0.29, 0.717) is 0 Å². The quantitative estimate of drug-likeness (QED) is 0.742. The van der Waals surface area contributed by atoms with Gasteiger partial charge in [0.05, 0.1) is 5.02 Å². The van der Waals surface area contributed by atoms with Gasteiger partial charge >= 0.3 is 0 Å². The van der Waals surface area contributed by atoms with Crippen LogP contribution in [0.15, 0.2) is 16.6 Å². The van der Waals surface area contributed by atoms with Crippen LogP contribution in [0.25, 0.3) is 0 Å². The topological polar surface area (TPSA) is 17.1 Å². The van der Waals surface area contributed by atoms with E-state index in [1.54, 1.807) is 0 Å². The van der Waals surface area contributed by atoms with Gasteiger partial charge in [0.1, 0.15) is 0 Å². The lowest BCUT2D eigenvalue weighted by atomic mass is 10.1. The van der Waals surface area contributed by atoms with Crippen molar-refractivity contribution in [3.05, 3.63) is 32.8 Å². The lowest BCUT2D eigenvalue weighted by molar-refractivity contribution is 0.101. The second-order valence-electron chi connectivity index (χ2n) is 2.72. The zero-order valence-corrected chi connectivity index (χ0v) is 9.49. The van der Waals surface area contributed by atoms with Gasteiger partial charge in [-0.15, -0.1) is 0 Å². The van der Waals surface area contributed by atoms with Crippen molar-refractivity contribution in [2.24, 2.45) is 0 Å². The lowest BCUT2D eigenvalue weighted by Crippen LogP contribution is -1.96. The fraction of sp³-hybridized carbons (Fsp3) is 0.222. The van der Waals surface area contributed by atoms with Crippen molar-refractivity contribution in [3.8, 4) is 0 Å². The minimum Gasteiger partial charge on any atom is -0.295 e. The molecule has 1 nitrogen and oxygen atoms in total. The summed E-state index contributed by atoms with van der Waals surface area (Å²) in [6, 6.07) is 2.50. The molecule has 0 saturated heterocycles. The van der Waals surface area contributed by atoms with Crippen molar-refractivity contribution in [2.45, 2.75) is 13.3 Å². The summed E-state index contributed by atoms with van der Waals surface area (Å²) in [4.78, 5) is 11.0. The largest absolute Gasteiger partial charge is 0.295 e. The Morgan fingerprint density at radius 1 is 1.50 bits per heavy atom. The number of Topliss-reactive ketones (excluding diaryl/α,β-unsaturated/α-hetero) is 1.